The molecule has 4 aromatic rings. The normalized spacial score (nSPS) is 15.7. The molecule has 0 spiro atoms. The van der Waals surface area contributed by atoms with Gasteiger partial charge in [-0.25, -0.2) is 24.0 Å². The minimum atomic E-state index is -0.485. The minimum absolute atomic E-state index is 0.269. The quantitative estimate of drug-likeness (QED) is 0.503. The Kier molecular flexibility index (Phi) is 4.74. The zero-order valence-electron chi connectivity index (χ0n) is 17.4. The summed E-state index contributed by atoms with van der Waals surface area (Å²) >= 11 is 0. The van der Waals surface area contributed by atoms with Crippen LogP contribution in [0.3, 0.4) is 0 Å². The molecule has 1 aliphatic heterocycles. The number of methoxy groups -OCH3 is 1. The molecule has 1 atom stereocenters. The number of fused-ring (bicyclic) bond motifs is 1. The van der Waals surface area contributed by atoms with Crippen molar-refractivity contribution in [3.63, 3.8) is 0 Å². The van der Waals surface area contributed by atoms with Gasteiger partial charge in [-0.15, -0.1) is 5.10 Å². The molecule has 5 rings (SSSR count). The predicted molar refractivity (Wildman–Crippen MR) is 111 cm³/mol. The van der Waals surface area contributed by atoms with Gasteiger partial charge in [0.05, 0.1) is 32.3 Å². The van der Waals surface area contributed by atoms with E-state index in [1.165, 1.54) is 6.07 Å². The lowest BCUT2D eigenvalue weighted by Crippen LogP contribution is -2.24. The molecule has 31 heavy (non-hydrogen) atoms. The molecule has 1 aliphatic rings. The first kappa shape index (κ1) is 19.4. The van der Waals surface area contributed by atoms with E-state index in [2.05, 4.69) is 15.1 Å². The molecular formula is C22H21FN6O2. The van der Waals surface area contributed by atoms with Crippen molar-refractivity contribution < 1.29 is 13.9 Å². The van der Waals surface area contributed by atoms with Gasteiger partial charge in [0.1, 0.15) is 23.3 Å². The molecule has 0 bridgehead atoms. The molecule has 1 aromatic carbocycles. The standard InChI is InChI=1S/C22H21FN6O2/c1-13-11-28(12-24-13)18-8-7-17(25-22(18)30-3)20-26-21-19(31-10-9-29(21)27-20)15-5-4-6-16(23)14(15)2/h4-8,11-12,19H,9-10H2,1-3H3. The van der Waals surface area contributed by atoms with E-state index < -0.39 is 6.10 Å². The summed E-state index contributed by atoms with van der Waals surface area (Å²) in [5.41, 5.74) is 3.54. The number of halogens is 1. The van der Waals surface area contributed by atoms with Gasteiger partial charge in [0.2, 0.25) is 5.88 Å². The highest BCUT2D eigenvalue weighted by Gasteiger charge is 2.29. The number of pyridine rings is 1. The summed E-state index contributed by atoms with van der Waals surface area (Å²) in [6.45, 7) is 4.69. The summed E-state index contributed by atoms with van der Waals surface area (Å²) in [4.78, 5) is 13.6. The van der Waals surface area contributed by atoms with Gasteiger partial charge in [0, 0.05) is 6.20 Å². The molecule has 0 N–H and O–H groups in total. The summed E-state index contributed by atoms with van der Waals surface area (Å²) in [7, 11) is 1.57. The van der Waals surface area contributed by atoms with E-state index in [0.717, 1.165) is 16.9 Å². The van der Waals surface area contributed by atoms with Crippen LogP contribution >= 0.6 is 0 Å². The number of hydrogen-bond donors (Lipinski definition) is 0. The Balaban J connectivity index is 1.54. The fourth-order valence-electron chi connectivity index (χ4n) is 3.75. The van der Waals surface area contributed by atoms with E-state index in [-0.39, 0.29) is 5.82 Å². The number of rotatable bonds is 4. The largest absolute Gasteiger partial charge is 0.479 e. The Morgan fingerprint density at radius 1 is 1.16 bits per heavy atom. The highest BCUT2D eigenvalue weighted by atomic mass is 19.1. The number of benzene rings is 1. The topological polar surface area (TPSA) is 79.9 Å². The number of ether oxygens (including phenoxy) is 2. The lowest BCUT2D eigenvalue weighted by Gasteiger charge is -2.24. The van der Waals surface area contributed by atoms with Crippen LogP contribution < -0.4 is 4.74 Å². The summed E-state index contributed by atoms with van der Waals surface area (Å²) in [6.07, 6.45) is 3.13. The second-order valence-electron chi connectivity index (χ2n) is 7.37. The molecule has 3 aromatic heterocycles. The van der Waals surface area contributed by atoms with E-state index in [1.807, 2.05) is 35.9 Å². The summed E-state index contributed by atoms with van der Waals surface area (Å²) in [5, 5.41) is 4.63. The first-order chi connectivity index (χ1) is 15.0. The minimum Gasteiger partial charge on any atom is -0.479 e. The number of hydrogen-bond acceptors (Lipinski definition) is 6. The smallest absolute Gasteiger partial charge is 0.238 e. The lowest BCUT2D eigenvalue weighted by atomic mass is 10.0. The first-order valence-electron chi connectivity index (χ1n) is 9.93. The Hall–Kier alpha value is -3.59. The Morgan fingerprint density at radius 3 is 2.81 bits per heavy atom. The van der Waals surface area contributed by atoms with Gasteiger partial charge in [-0.2, -0.15) is 0 Å². The van der Waals surface area contributed by atoms with Gasteiger partial charge in [-0.3, -0.25) is 0 Å². The van der Waals surface area contributed by atoms with Crippen LogP contribution in [0.4, 0.5) is 4.39 Å². The molecular weight excluding hydrogens is 399 g/mol. The van der Waals surface area contributed by atoms with Crippen molar-refractivity contribution in [3.8, 4) is 23.1 Å². The van der Waals surface area contributed by atoms with Crippen LogP contribution in [0.1, 0.15) is 28.7 Å². The maximum absolute atomic E-state index is 14.1. The fourth-order valence-corrected chi connectivity index (χ4v) is 3.75. The first-order valence-corrected chi connectivity index (χ1v) is 9.93. The molecule has 0 aliphatic carbocycles. The van der Waals surface area contributed by atoms with Crippen LogP contribution in [-0.2, 0) is 11.3 Å². The van der Waals surface area contributed by atoms with Gasteiger partial charge >= 0.3 is 0 Å². The van der Waals surface area contributed by atoms with Gasteiger partial charge in [0.15, 0.2) is 11.6 Å². The van der Waals surface area contributed by atoms with Crippen molar-refractivity contribution in [2.45, 2.75) is 26.5 Å². The Bertz CT molecular complexity index is 1260. The third-order valence-corrected chi connectivity index (χ3v) is 5.37. The summed E-state index contributed by atoms with van der Waals surface area (Å²) in [5.74, 6) is 1.27. The molecule has 0 radical (unpaired) electrons. The van der Waals surface area contributed by atoms with Crippen LogP contribution in [0.15, 0.2) is 42.9 Å². The molecule has 0 saturated heterocycles. The van der Waals surface area contributed by atoms with Crippen LogP contribution in [0.2, 0.25) is 0 Å². The molecule has 158 valence electrons. The second-order valence-corrected chi connectivity index (χ2v) is 7.37. The highest BCUT2D eigenvalue weighted by Crippen LogP contribution is 2.33. The van der Waals surface area contributed by atoms with Crippen LogP contribution in [0.5, 0.6) is 5.88 Å². The number of aromatic nitrogens is 6. The van der Waals surface area contributed by atoms with Crippen LogP contribution in [0, 0.1) is 19.7 Å². The number of imidazole rings is 1. The molecule has 0 fully saturated rings. The second kappa shape index (κ2) is 7.59. The fraction of sp³-hybridized carbons (Fsp3) is 0.273. The SMILES string of the molecule is COc1nc(-c2nc3n(n2)CCOC3c2cccc(F)c2C)ccc1-n1cnc(C)c1. The highest BCUT2D eigenvalue weighted by molar-refractivity contribution is 5.55. The molecule has 0 saturated carbocycles. The predicted octanol–water partition coefficient (Wildman–Crippen LogP) is 3.41. The van der Waals surface area contributed by atoms with Crippen molar-refractivity contribution in [3.05, 3.63) is 71.3 Å². The third-order valence-electron chi connectivity index (χ3n) is 5.37. The maximum Gasteiger partial charge on any atom is 0.238 e. The lowest BCUT2D eigenvalue weighted by molar-refractivity contribution is 0.0384. The van der Waals surface area contributed by atoms with Crippen molar-refractivity contribution in [2.75, 3.05) is 13.7 Å². The zero-order valence-corrected chi connectivity index (χ0v) is 17.4. The molecule has 4 heterocycles. The van der Waals surface area contributed by atoms with Crippen molar-refractivity contribution in [2.24, 2.45) is 0 Å². The van der Waals surface area contributed by atoms with Crippen molar-refractivity contribution in [1.29, 1.82) is 0 Å². The van der Waals surface area contributed by atoms with Gasteiger partial charge in [0.25, 0.3) is 0 Å². The van der Waals surface area contributed by atoms with E-state index in [4.69, 9.17) is 14.5 Å². The summed E-state index contributed by atoms with van der Waals surface area (Å²) in [6, 6.07) is 8.72. The summed E-state index contributed by atoms with van der Waals surface area (Å²) < 4.78 is 29.2. The van der Waals surface area contributed by atoms with E-state index in [1.54, 1.807) is 31.1 Å². The molecule has 8 nitrogen and oxygen atoms in total. The Labute approximate surface area is 178 Å². The van der Waals surface area contributed by atoms with Crippen molar-refractivity contribution in [1.82, 2.24) is 29.3 Å². The van der Waals surface area contributed by atoms with Crippen molar-refractivity contribution >= 4 is 0 Å². The Morgan fingerprint density at radius 2 is 2.03 bits per heavy atom. The maximum atomic E-state index is 14.1. The third kappa shape index (κ3) is 3.36. The molecule has 0 amide bonds. The average molecular weight is 420 g/mol. The van der Waals surface area contributed by atoms with Gasteiger partial charge in [-0.05, 0) is 43.2 Å². The zero-order chi connectivity index (χ0) is 21.5. The average Bonchev–Trinajstić information content (AvgIpc) is 3.41. The van der Waals surface area contributed by atoms with E-state index >= 15 is 0 Å². The molecule has 9 heteroatoms. The van der Waals surface area contributed by atoms with E-state index in [0.29, 0.717) is 41.9 Å². The van der Waals surface area contributed by atoms with E-state index in [9.17, 15) is 4.39 Å². The van der Waals surface area contributed by atoms with Crippen LogP contribution in [-0.4, -0.2) is 43.0 Å². The number of nitrogens with zero attached hydrogens (tertiary/aromatic N) is 6. The monoisotopic (exact) mass is 420 g/mol. The molecule has 1 unspecified atom stereocenters. The van der Waals surface area contributed by atoms with Crippen LogP contribution in [0.25, 0.3) is 17.2 Å². The van der Waals surface area contributed by atoms with Gasteiger partial charge in [-0.1, -0.05) is 12.1 Å². The van der Waals surface area contributed by atoms with Gasteiger partial charge < -0.3 is 14.0 Å². The number of aryl methyl sites for hydroxylation is 1.